The number of aromatic hydroxyl groups is 1. The van der Waals surface area contributed by atoms with E-state index < -0.39 is 0 Å². The van der Waals surface area contributed by atoms with Crippen LogP contribution in [0.25, 0.3) is 0 Å². The molecule has 90 valence electrons. The molecule has 0 aromatic heterocycles. The summed E-state index contributed by atoms with van der Waals surface area (Å²) in [4.78, 5) is 0. The monoisotopic (exact) mass is 221 g/mol. The van der Waals surface area contributed by atoms with Crippen molar-refractivity contribution in [3.63, 3.8) is 0 Å². The summed E-state index contributed by atoms with van der Waals surface area (Å²) in [6, 6.07) is 7.95. The van der Waals surface area contributed by atoms with Gasteiger partial charge in [-0.3, -0.25) is 0 Å². The zero-order valence-corrected chi connectivity index (χ0v) is 10.7. The molecule has 2 nitrogen and oxygen atoms in total. The quantitative estimate of drug-likeness (QED) is 0.819. The van der Waals surface area contributed by atoms with E-state index in [0.717, 1.165) is 13.0 Å². The molecule has 1 atom stereocenters. The lowest BCUT2D eigenvalue weighted by molar-refractivity contribution is 0.270. The molecule has 0 aliphatic carbocycles. The maximum Gasteiger partial charge on any atom is 0.115 e. The Hall–Kier alpha value is -1.02. The fourth-order valence-electron chi connectivity index (χ4n) is 1.80. The first kappa shape index (κ1) is 13.0. The molecule has 16 heavy (non-hydrogen) atoms. The summed E-state index contributed by atoms with van der Waals surface area (Å²) in [5.41, 5.74) is 1.51. The van der Waals surface area contributed by atoms with Crippen molar-refractivity contribution in [2.75, 3.05) is 6.54 Å². The summed E-state index contributed by atoms with van der Waals surface area (Å²) in [6.07, 6.45) is 0.998. The van der Waals surface area contributed by atoms with Crippen molar-refractivity contribution in [3.8, 4) is 5.75 Å². The number of phenolic OH excluding ortho intramolecular Hbond substituents is 1. The lowest BCUT2D eigenvalue weighted by Gasteiger charge is -2.31. The molecule has 2 N–H and O–H groups in total. The highest BCUT2D eigenvalue weighted by molar-refractivity contribution is 5.26. The molecular formula is C14H23NO. The zero-order valence-electron chi connectivity index (χ0n) is 10.7. The maximum absolute atomic E-state index is 9.24. The Bertz CT molecular complexity index is 311. The van der Waals surface area contributed by atoms with Gasteiger partial charge >= 0.3 is 0 Å². The van der Waals surface area contributed by atoms with E-state index in [9.17, 15) is 5.11 Å². The van der Waals surface area contributed by atoms with Crippen LogP contribution in [0.3, 0.4) is 0 Å². The second-order valence-corrected chi connectivity index (χ2v) is 5.35. The minimum atomic E-state index is 0.244. The normalized spacial score (nSPS) is 13.8. The van der Waals surface area contributed by atoms with E-state index in [0.29, 0.717) is 11.8 Å². The van der Waals surface area contributed by atoms with Crippen LogP contribution in [0.1, 0.15) is 33.3 Å². The van der Waals surface area contributed by atoms with E-state index in [1.807, 2.05) is 12.1 Å². The number of benzene rings is 1. The average Bonchev–Trinajstić information content (AvgIpc) is 2.19. The molecule has 0 saturated heterocycles. The van der Waals surface area contributed by atoms with Gasteiger partial charge in [0.15, 0.2) is 0 Å². The van der Waals surface area contributed by atoms with Crippen molar-refractivity contribution in [3.05, 3.63) is 29.8 Å². The van der Waals surface area contributed by atoms with Crippen molar-refractivity contribution in [2.45, 2.75) is 40.2 Å². The van der Waals surface area contributed by atoms with Crippen LogP contribution in [0.5, 0.6) is 5.75 Å². The second kappa shape index (κ2) is 5.35. The van der Waals surface area contributed by atoms with Crippen LogP contribution in [0, 0.1) is 5.41 Å². The first-order valence-electron chi connectivity index (χ1n) is 5.94. The molecule has 1 unspecified atom stereocenters. The number of likely N-dealkylation sites (N-methyl/N-ethyl adjacent to an activating group) is 1. The van der Waals surface area contributed by atoms with Crippen molar-refractivity contribution in [1.29, 1.82) is 0 Å². The number of phenols is 1. The van der Waals surface area contributed by atoms with Gasteiger partial charge in [0.05, 0.1) is 0 Å². The Balaban J connectivity index is 2.72. The molecule has 1 aromatic carbocycles. The molecule has 0 saturated carbocycles. The number of hydrogen-bond donors (Lipinski definition) is 2. The lowest BCUT2D eigenvalue weighted by Crippen LogP contribution is -2.41. The molecule has 0 spiro atoms. The SMILES string of the molecule is CCNC(Cc1ccc(O)cc1)C(C)(C)C. The Morgan fingerprint density at radius 3 is 2.19 bits per heavy atom. The summed E-state index contributed by atoms with van der Waals surface area (Å²) in [5, 5.41) is 12.8. The molecule has 2 heteroatoms. The maximum atomic E-state index is 9.24. The van der Waals surface area contributed by atoms with E-state index in [4.69, 9.17) is 0 Å². The lowest BCUT2D eigenvalue weighted by atomic mass is 9.83. The van der Waals surface area contributed by atoms with Crippen LogP contribution in [0.15, 0.2) is 24.3 Å². The van der Waals surface area contributed by atoms with E-state index in [2.05, 4.69) is 33.0 Å². The fraction of sp³-hybridized carbons (Fsp3) is 0.571. The number of rotatable bonds is 4. The van der Waals surface area contributed by atoms with Gasteiger partial charge in [-0.15, -0.1) is 0 Å². The number of hydrogen-bond acceptors (Lipinski definition) is 2. The van der Waals surface area contributed by atoms with Gasteiger partial charge < -0.3 is 10.4 Å². The third-order valence-corrected chi connectivity index (χ3v) is 2.87. The van der Waals surface area contributed by atoms with Crippen molar-refractivity contribution < 1.29 is 5.11 Å². The molecule has 0 aliphatic rings. The molecule has 0 aliphatic heterocycles. The first-order chi connectivity index (χ1) is 7.43. The summed E-state index contributed by atoms with van der Waals surface area (Å²) in [5.74, 6) is 0.333. The largest absolute Gasteiger partial charge is 0.508 e. The molecule has 0 radical (unpaired) electrons. The second-order valence-electron chi connectivity index (χ2n) is 5.35. The predicted molar refractivity (Wildman–Crippen MR) is 68.7 cm³/mol. The van der Waals surface area contributed by atoms with Crippen molar-refractivity contribution in [2.24, 2.45) is 5.41 Å². The third-order valence-electron chi connectivity index (χ3n) is 2.87. The molecule has 0 heterocycles. The van der Waals surface area contributed by atoms with E-state index >= 15 is 0 Å². The van der Waals surface area contributed by atoms with Crippen molar-refractivity contribution in [1.82, 2.24) is 5.32 Å². The van der Waals surface area contributed by atoms with Crippen LogP contribution in [-0.4, -0.2) is 17.7 Å². The Morgan fingerprint density at radius 2 is 1.75 bits per heavy atom. The fourth-order valence-corrected chi connectivity index (χ4v) is 1.80. The summed E-state index contributed by atoms with van der Waals surface area (Å²) < 4.78 is 0. The van der Waals surface area contributed by atoms with Gasteiger partial charge in [0.2, 0.25) is 0 Å². The standard InChI is InChI=1S/C14H23NO/c1-5-15-13(14(2,3)4)10-11-6-8-12(16)9-7-11/h6-9,13,15-16H,5,10H2,1-4H3. The molecule has 0 fully saturated rings. The van der Waals surface area contributed by atoms with Crippen LogP contribution in [0.4, 0.5) is 0 Å². The molecule has 0 bridgehead atoms. The molecule has 0 amide bonds. The van der Waals surface area contributed by atoms with Gasteiger partial charge in [-0.2, -0.15) is 0 Å². The van der Waals surface area contributed by atoms with Gasteiger partial charge in [0.25, 0.3) is 0 Å². The van der Waals surface area contributed by atoms with E-state index in [1.54, 1.807) is 12.1 Å². The highest BCUT2D eigenvalue weighted by Crippen LogP contribution is 2.23. The van der Waals surface area contributed by atoms with Gasteiger partial charge in [0.1, 0.15) is 5.75 Å². The number of nitrogens with one attached hydrogen (secondary N) is 1. The van der Waals surface area contributed by atoms with Gasteiger partial charge in [-0.1, -0.05) is 39.8 Å². The predicted octanol–water partition coefficient (Wildman–Crippen LogP) is 2.96. The van der Waals surface area contributed by atoms with Crippen LogP contribution >= 0.6 is 0 Å². The van der Waals surface area contributed by atoms with Crippen LogP contribution < -0.4 is 5.32 Å². The Morgan fingerprint density at radius 1 is 1.19 bits per heavy atom. The van der Waals surface area contributed by atoms with Gasteiger partial charge in [-0.05, 0) is 36.1 Å². The zero-order chi connectivity index (χ0) is 12.2. The average molecular weight is 221 g/mol. The minimum absolute atomic E-state index is 0.244. The van der Waals surface area contributed by atoms with E-state index in [1.165, 1.54) is 5.56 Å². The summed E-state index contributed by atoms with van der Waals surface area (Å²) in [7, 11) is 0. The molecular weight excluding hydrogens is 198 g/mol. The van der Waals surface area contributed by atoms with Crippen molar-refractivity contribution >= 4 is 0 Å². The topological polar surface area (TPSA) is 32.3 Å². The van der Waals surface area contributed by atoms with Crippen LogP contribution in [-0.2, 0) is 6.42 Å². The molecule has 1 rings (SSSR count). The summed E-state index contributed by atoms with van der Waals surface area (Å²) in [6.45, 7) is 9.87. The Kier molecular flexibility index (Phi) is 4.36. The highest BCUT2D eigenvalue weighted by atomic mass is 16.3. The first-order valence-corrected chi connectivity index (χ1v) is 5.94. The Labute approximate surface area is 98.7 Å². The van der Waals surface area contributed by atoms with Gasteiger partial charge in [-0.25, -0.2) is 0 Å². The van der Waals surface area contributed by atoms with E-state index in [-0.39, 0.29) is 5.41 Å². The highest BCUT2D eigenvalue weighted by Gasteiger charge is 2.23. The van der Waals surface area contributed by atoms with Crippen LogP contribution in [0.2, 0.25) is 0 Å². The smallest absolute Gasteiger partial charge is 0.115 e. The minimum Gasteiger partial charge on any atom is -0.508 e. The molecule has 1 aromatic rings. The van der Waals surface area contributed by atoms with Gasteiger partial charge in [0, 0.05) is 6.04 Å². The summed E-state index contributed by atoms with van der Waals surface area (Å²) >= 11 is 0. The third kappa shape index (κ3) is 3.86.